The number of hydrogen-bond donors (Lipinski definition) is 0. The minimum atomic E-state index is -0.753. The number of carbonyl (C=O) groups is 2. The smallest absolute Gasteiger partial charge is 0.417 e. The molecule has 9 heteroatoms. The zero-order valence-electron chi connectivity index (χ0n) is 25.0. The predicted octanol–water partition coefficient (Wildman–Crippen LogP) is 7.16. The van der Waals surface area contributed by atoms with E-state index < -0.39 is 18.1 Å². The monoisotopic (exact) mass is 725 g/mol. The molecule has 0 aliphatic carbocycles. The van der Waals surface area contributed by atoms with Crippen molar-refractivity contribution in [1.29, 1.82) is 0 Å². The van der Waals surface area contributed by atoms with E-state index in [1.54, 1.807) is 0 Å². The summed E-state index contributed by atoms with van der Waals surface area (Å²) in [7, 11) is 0. The second-order valence-electron chi connectivity index (χ2n) is 10.9. The summed E-state index contributed by atoms with van der Waals surface area (Å²) in [5.41, 5.74) is 4.20. The van der Waals surface area contributed by atoms with Crippen molar-refractivity contribution < 1.29 is 23.8 Å². The zero-order valence-corrected chi connectivity index (χ0v) is 27.2. The third-order valence-corrected chi connectivity index (χ3v) is 8.49. The number of carbonyl (C=O) groups excluding carboxylic acids is 2. The summed E-state index contributed by atoms with van der Waals surface area (Å²) < 4.78 is 19.0. The Labute approximate surface area is 281 Å². The van der Waals surface area contributed by atoms with Crippen molar-refractivity contribution in [2.24, 2.45) is 0 Å². The topological polar surface area (TPSA) is 90.9 Å². The molecule has 0 radical (unpaired) electrons. The minimum absolute atomic E-state index is 0.134. The van der Waals surface area contributed by atoms with Gasteiger partial charge in [0.2, 0.25) is 11.7 Å². The number of aromatic nitrogens is 2. The van der Waals surface area contributed by atoms with Gasteiger partial charge in [0.25, 0.3) is 5.88 Å². The Morgan fingerprint density at radius 2 is 1.39 bits per heavy atom. The van der Waals surface area contributed by atoms with Crippen LogP contribution in [0.1, 0.15) is 33.9 Å². The molecule has 1 aliphatic heterocycles. The van der Waals surface area contributed by atoms with Gasteiger partial charge in [-0.05, 0) is 63.4 Å². The maximum atomic E-state index is 14.4. The Hall–Kier alpha value is -4.77. The summed E-state index contributed by atoms with van der Waals surface area (Å²) in [5.74, 6) is -0.475. The lowest BCUT2D eigenvalue weighted by Crippen LogP contribution is -2.43. The van der Waals surface area contributed by atoms with Crippen LogP contribution in [0.25, 0.3) is 0 Å². The molecule has 2 heterocycles. The molecule has 0 bridgehead atoms. The number of imide groups is 1. The average Bonchev–Trinajstić information content (AvgIpc) is 3.46. The van der Waals surface area contributed by atoms with Crippen molar-refractivity contribution >= 4 is 34.6 Å². The Kier molecular flexibility index (Phi) is 10.2. The molecule has 1 aliphatic rings. The number of benzene rings is 4. The van der Waals surface area contributed by atoms with Gasteiger partial charge in [0.15, 0.2) is 0 Å². The molecule has 1 fully saturated rings. The van der Waals surface area contributed by atoms with Gasteiger partial charge in [0.05, 0.1) is 17.7 Å². The average molecular weight is 726 g/mol. The van der Waals surface area contributed by atoms with Crippen molar-refractivity contribution in [1.82, 2.24) is 14.9 Å². The summed E-state index contributed by atoms with van der Waals surface area (Å²) in [6.07, 6.45) is 1.42. The van der Waals surface area contributed by atoms with Crippen LogP contribution in [0, 0.1) is 3.57 Å². The molecule has 2 atom stereocenters. The van der Waals surface area contributed by atoms with Gasteiger partial charge in [-0.3, -0.25) is 4.79 Å². The van der Waals surface area contributed by atoms with E-state index in [0.29, 0.717) is 17.9 Å². The van der Waals surface area contributed by atoms with Crippen molar-refractivity contribution in [3.05, 3.63) is 153 Å². The molecule has 5 aromatic rings. The molecule has 46 heavy (non-hydrogen) atoms. The molecule has 0 N–H and O–H groups in total. The van der Waals surface area contributed by atoms with E-state index in [1.807, 2.05) is 115 Å². The molecule has 1 saturated heterocycles. The predicted molar refractivity (Wildman–Crippen MR) is 181 cm³/mol. The van der Waals surface area contributed by atoms with E-state index in [1.165, 1.54) is 11.2 Å². The van der Waals surface area contributed by atoms with Crippen LogP contribution in [0.15, 0.2) is 122 Å². The van der Waals surface area contributed by atoms with Gasteiger partial charge in [-0.15, -0.1) is 0 Å². The normalized spacial score (nSPS) is 14.8. The first kappa shape index (κ1) is 31.2. The number of nitrogens with zero attached hydrogens (tertiary/aromatic N) is 3. The third-order valence-electron chi connectivity index (χ3n) is 7.77. The number of amides is 2. The van der Waals surface area contributed by atoms with Crippen molar-refractivity contribution in [3.63, 3.8) is 0 Å². The van der Waals surface area contributed by atoms with Crippen LogP contribution in [0.3, 0.4) is 0 Å². The van der Waals surface area contributed by atoms with Gasteiger partial charge in [-0.1, -0.05) is 103 Å². The van der Waals surface area contributed by atoms with Crippen molar-refractivity contribution in [3.8, 4) is 11.6 Å². The fourth-order valence-corrected chi connectivity index (χ4v) is 5.77. The lowest BCUT2D eigenvalue weighted by atomic mass is 9.91. The Balaban J connectivity index is 1.34. The first-order valence-electron chi connectivity index (χ1n) is 15.0. The standard InChI is InChI=1S/C37H32IN3O5/c38-30-18-16-29(17-19-30)32(36(42)41-31(24-46-37(41)43)20-26-10-4-1-5-11-26)21-33-34(44-22-27-12-6-2-7-13-27)35(40-25-39-33)45-23-28-14-8-3-9-15-28/h1-19,25,31-32H,20-24H2. The first-order valence-corrected chi connectivity index (χ1v) is 16.1. The van der Waals surface area contributed by atoms with Crippen LogP contribution >= 0.6 is 22.6 Å². The van der Waals surface area contributed by atoms with Crippen LogP contribution in [0.4, 0.5) is 4.79 Å². The maximum absolute atomic E-state index is 14.4. The molecule has 0 saturated carbocycles. The van der Waals surface area contributed by atoms with Crippen molar-refractivity contribution in [2.75, 3.05) is 6.61 Å². The molecule has 6 rings (SSSR count). The number of cyclic esters (lactones) is 1. The Morgan fingerprint density at radius 1 is 0.804 bits per heavy atom. The molecule has 1 aromatic heterocycles. The third kappa shape index (κ3) is 7.71. The molecule has 8 nitrogen and oxygen atoms in total. The molecule has 2 amide bonds. The van der Waals surface area contributed by atoms with Gasteiger partial charge in [-0.2, -0.15) is 4.98 Å². The van der Waals surface area contributed by atoms with Crippen LogP contribution in [-0.2, 0) is 35.6 Å². The van der Waals surface area contributed by atoms with Gasteiger partial charge < -0.3 is 14.2 Å². The van der Waals surface area contributed by atoms with Crippen molar-refractivity contribution in [2.45, 2.75) is 38.0 Å². The largest absolute Gasteiger partial charge is 0.482 e. The summed E-state index contributed by atoms with van der Waals surface area (Å²) in [6.45, 7) is 0.664. The van der Waals surface area contributed by atoms with Crippen LogP contribution in [-0.4, -0.2) is 39.5 Å². The molecular formula is C37H32IN3O5. The highest BCUT2D eigenvalue weighted by molar-refractivity contribution is 14.1. The summed E-state index contributed by atoms with van der Waals surface area (Å²) in [6, 6.07) is 36.6. The van der Waals surface area contributed by atoms with E-state index in [4.69, 9.17) is 14.2 Å². The lowest BCUT2D eigenvalue weighted by Gasteiger charge is -2.26. The first-order chi connectivity index (χ1) is 22.5. The van der Waals surface area contributed by atoms with Crippen LogP contribution in [0.2, 0.25) is 0 Å². The SMILES string of the molecule is O=C1OCC(Cc2ccccc2)N1C(=O)C(Cc1ncnc(OCc2ccccc2)c1OCc1ccccc1)c1ccc(I)cc1. The fraction of sp³-hybridized carbons (Fsp3) is 0.189. The summed E-state index contributed by atoms with van der Waals surface area (Å²) in [4.78, 5) is 37.8. The summed E-state index contributed by atoms with van der Waals surface area (Å²) in [5, 5.41) is 0. The highest BCUT2D eigenvalue weighted by Gasteiger charge is 2.41. The Bertz CT molecular complexity index is 1760. The second kappa shape index (κ2) is 15.0. The van der Waals surface area contributed by atoms with E-state index in [0.717, 1.165) is 25.8 Å². The Morgan fingerprint density at radius 3 is 2.02 bits per heavy atom. The van der Waals surface area contributed by atoms with Gasteiger partial charge in [-0.25, -0.2) is 14.7 Å². The zero-order chi connectivity index (χ0) is 31.7. The van der Waals surface area contributed by atoms with Gasteiger partial charge >= 0.3 is 6.09 Å². The van der Waals surface area contributed by atoms with Crippen LogP contribution < -0.4 is 9.47 Å². The lowest BCUT2D eigenvalue weighted by molar-refractivity contribution is -0.130. The quantitative estimate of drug-likeness (QED) is 0.126. The fourth-order valence-electron chi connectivity index (χ4n) is 5.41. The molecule has 2 unspecified atom stereocenters. The summed E-state index contributed by atoms with van der Waals surface area (Å²) >= 11 is 2.23. The number of rotatable bonds is 12. The highest BCUT2D eigenvalue weighted by atomic mass is 127. The van der Waals surface area contributed by atoms with E-state index >= 15 is 0 Å². The molecular weight excluding hydrogens is 693 g/mol. The second-order valence-corrected chi connectivity index (χ2v) is 12.2. The van der Waals surface area contributed by atoms with Gasteiger partial charge in [0, 0.05) is 9.99 Å². The molecule has 4 aromatic carbocycles. The minimum Gasteiger partial charge on any atom is -0.482 e. The van der Waals surface area contributed by atoms with Gasteiger partial charge in [0.1, 0.15) is 26.1 Å². The number of hydrogen-bond acceptors (Lipinski definition) is 7. The number of ether oxygens (including phenoxy) is 3. The van der Waals surface area contributed by atoms with Crippen LogP contribution in [0.5, 0.6) is 11.6 Å². The number of halogens is 1. The maximum Gasteiger partial charge on any atom is 0.417 e. The van der Waals surface area contributed by atoms with E-state index in [2.05, 4.69) is 32.6 Å². The molecule has 232 valence electrons. The molecule has 0 spiro atoms. The van der Waals surface area contributed by atoms with E-state index in [-0.39, 0.29) is 38.0 Å². The van der Waals surface area contributed by atoms with E-state index in [9.17, 15) is 9.59 Å². The highest BCUT2D eigenvalue weighted by Crippen LogP contribution is 2.35.